The van der Waals surface area contributed by atoms with Crippen LogP contribution in [0, 0.1) is 10.1 Å². The summed E-state index contributed by atoms with van der Waals surface area (Å²) in [6.07, 6.45) is 1.91. The number of fused-ring (bicyclic) bond motifs is 3. The molecule has 3 rings (SSSR count). The average molecular weight is 349 g/mol. The summed E-state index contributed by atoms with van der Waals surface area (Å²) >= 11 is 3.27. The van der Waals surface area contributed by atoms with Crippen LogP contribution in [0.2, 0.25) is 0 Å². The number of hydrogen-bond donors (Lipinski definition) is 1. The Hall–Kier alpha value is -2.02. The maximum atomic E-state index is 11.4. The van der Waals surface area contributed by atoms with Crippen LogP contribution in [0.25, 0.3) is 11.3 Å². The maximum absolute atomic E-state index is 11.4. The van der Waals surface area contributed by atoms with Gasteiger partial charge in [-0.2, -0.15) is 0 Å². The Morgan fingerprint density at radius 1 is 1.38 bits per heavy atom. The van der Waals surface area contributed by atoms with E-state index in [-0.39, 0.29) is 16.0 Å². The molecule has 0 aliphatic heterocycles. The van der Waals surface area contributed by atoms with Gasteiger partial charge in [-0.15, -0.1) is 0 Å². The largest absolute Gasteiger partial charge is 0.383 e. The lowest BCUT2D eigenvalue weighted by atomic mass is 9.71. The van der Waals surface area contributed by atoms with Crippen molar-refractivity contribution in [3.63, 3.8) is 0 Å². The van der Waals surface area contributed by atoms with E-state index in [0.717, 1.165) is 11.1 Å². The Labute approximate surface area is 129 Å². The first-order valence-electron chi connectivity index (χ1n) is 6.40. The van der Waals surface area contributed by atoms with Gasteiger partial charge in [0.05, 0.1) is 15.1 Å². The van der Waals surface area contributed by atoms with E-state index in [9.17, 15) is 10.1 Å². The second-order valence-corrected chi connectivity index (χ2v) is 6.58. The van der Waals surface area contributed by atoms with E-state index in [4.69, 9.17) is 5.73 Å². The number of benzene rings is 1. The standard InChI is InChI=1S/C14H13BrN4O2/c1-14(2)5-8-7(3-4-9(15)12(8)19(20)21)11-10(14)13(16)18-6-17-11/h3-4,6H,5H2,1-2H3,(H2,16,17,18). The highest BCUT2D eigenvalue weighted by atomic mass is 79.9. The SMILES string of the molecule is CC1(C)Cc2c(ccc(Br)c2[N+](=O)[O-])-c2ncnc(N)c21. The van der Waals surface area contributed by atoms with Gasteiger partial charge in [-0.05, 0) is 33.8 Å². The van der Waals surface area contributed by atoms with Crippen LogP contribution in [0.1, 0.15) is 25.0 Å². The summed E-state index contributed by atoms with van der Waals surface area (Å²) in [7, 11) is 0. The predicted molar refractivity (Wildman–Crippen MR) is 83.0 cm³/mol. The van der Waals surface area contributed by atoms with Gasteiger partial charge in [0.25, 0.3) is 5.69 Å². The lowest BCUT2D eigenvalue weighted by Crippen LogP contribution is -2.28. The molecule has 0 unspecified atom stereocenters. The fourth-order valence-corrected chi connectivity index (χ4v) is 3.52. The fourth-order valence-electron chi connectivity index (χ4n) is 3.01. The first-order valence-corrected chi connectivity index (χ1v) is 7.19. The quantitative estimate of drug-likeness (QED) is 0.630. The molecule has 0 amide bonds. The normalized spacial score (nSPS) is 15.2. The zero-order valence-corrected chi connectivity index (χ0v) is 13.1. The molecule has 7 heteroatoms. The van der Waals surface area contributed by atoms with Crippen molar-refractivity contribution >= 4 is 27.4 Å². The summed E-state index contributed by atoms with van der Waals surface area (Å²) in [5.74, 6) is 0.432. The molecule has 1 heterocycles. The Kier molecular flexibility index (Phi) is 2.98. The number of hydrogen-bond acceptors (Lipinski definition) is 5. The second-order valence-electron chi connectivity index (χ2n) is 5.72. The van der Waals surface area contributed by atoms with Gasteiger partial charge in [0, 0.05) is 16.7 Å². The van der Waals surface area contributed by atoms with E-state index in [1.54, 1.807) is 6.07 Å². The number of nitro groups is 1. The van der Waals surface area contributed by atoms with Crippen molar-refractivity contribution in [3.8, 4) is 11.3 Å². The molecule has 1 aromatic heterocycles. The molecule has 0 radical (unpaired) electrons. The monoisotopic (exact) mass is 348 g/mol. The predicted octanol–water partition coefficient (Wildman–Crippen LogP) is 3.23. The number of nitrogens with zero attached hydrogens (tertiary/aromatic N) is 3. The third-order valence-corrected chi connectivity index (χ3v) is 4.48. The molecular weight excluding hydrogens is 336 g/mol. The van der Waals surface area contributed by atoms with Crippen molar-refractivity contribution in [2.24, 2.45) is 0 Å². The van der Waals surface area contributed by atoms with E-state index in [0.29, 0.717) is 28.0 Å². The van der Waals surface area contributed by atoms with Gasteiger partial charge in [-0.1, -0.05) is 19.9 Å². The molecule has 1 aromatic carbocycles. The molecule has 0 saturated carbocycles. The smallest absolute Gasteiger partial charge is 0.287 e. The van der Waals surface area contributed by atoms with Crippen LogP contribution < -0.4 is 5.73 Å². The Bertz CT molecular complexity index is 774. The number of nitro benzene ring substituents is 1. The molecule has 0 atom stereocenters. The van der Waals surface area contributed by atoms with E-state index >= 15 is 0 Å². The zero-order chi connectivity index (χ0) is 15.4. The number of nitrogen functional groups attached to an aromatic ring is 1. The van der Waals surface area contributed by atoms with Crippen LogP contribution in [-0.2, 0) is 11.8 Å². The molecule has 0 spiro atoms. The molecule has 108 valence electrons. The lowest BCUT2D eigenvalue weighted by molar-refractivity contribution is -0.386. The minimum absolute atomic E-state index is 0.100. The molecule has 2 aromatic rings. The van der Waals surface area contributed by atoms with E-state index in [1.807, 2.05) is 19.9 Å². The van der Waals surface area contributed by atoms with Gasteiger partial charge in [-0.25, -0.2) is 9.97 Å². The van der Waals surface area contributed by atoms with Gasteiger partial charge in [0.1, 0.15) is 12.1 Å². The summed E-state index contributed by atoms with van der Waals surface area (Å²) in [6, 6.07) is 3.52. The van der Waals surface area contributed by atoms with Gasteiger partial charge in [-0.3, -0.25) is 10.1 Å². The minimum Gasteiger partial charge on any atom is -0.383 e. The first-order chi connectivity index (χ1) is 9.83. The average Bonchev–Trinajstić information content (AvgIpc) is 2.36. The lowest BCUT2D eigenvalue weighted by Gasteiger charge is -2.33. The zero-order valence-electron chi connectivity index (χ0n) is 11.6. The molecule has 1 aliphatic rings. The number of aromatic nitrogens is 2. The minimum atomic E-state index is -0.362. The van der Waals surface area contributed by atoms with Crippen molar-refractivity contribution in [3.05, 3.63) is 44.2 Å². The van der Waals surface area contributed by atoms with Gasteiger partial charge in [0.15, 0.2) is 0 Å². The molecule has 21 heavy (non-hydrogen) atoms. The fraction of sp³-hybridized carbons (Fsp3) is 0.286. The van der Waals surface area contributed by atoms with Crippen LogP contribution in [0.3, 0.4) is 0 Å². The number of halogens is 1. The van der Waals surface area contributed by atoms with Crippen LogP contribution in [0.4, 0.5) is 11.5 Å². The highest BCUT2D eigenvalue weighted by molar-refractivity contribution is 9.10. The van der Waals surface area contributed by atoms with Crippen molar-refractivity contribution in [2.45, 2.75) is 25.7 Å². The number of anilines is 1. The summed E-state index contributed by atoms with van der Waals surface area (Å²) < 4.78 is 0.479. The number of rotatable bonds is 1. The molecule has 0 saturated heterocycles. The van der Waals surface area contributed by atoms with Gasteiger partial charge >= 0.3 is 0 Å². The summed E-state index contributed by atoms with van der Waals surface area (Å²) in [5, 5.41) is 11.4. The highest BCUT2D eigenvalue weighted by Gasteiger charge is 2.38. The summed E-state index contributed by atoms with van der Waals surface area (Å²) in [5.41, 5.74) is 8.73. The van der Waals surface area contributed by atoms with Gasteiger partial charge < -0.3 is 5.73 Å². The molecular formula is C14H13BrN4O2. The Morgan fingerprint density at radius 2 is 2.10 bits per heavy atom. The summed E-state index contributed by atoms with van der Waals surface area (Å²) in [6.45, 7) is 4.00. The highest BCUT2D eigenvalue weighted by Crippen LogP contribution is 2.48. The number of nitrogens with two attached hydrogens (primary N) is 1. The Balaban J connectivity index is 2.41. The van der Waals surface area contributed by atoms with Crippen molar-refractivity contribution in [1.82, 2.24) is 9.97 Å². The van der Waals surface area contributed by atoms with E-state index < -0.39 is 0 Å². The van der Waals surface area contributed by atoms with Crippen LogP contribution >= 0.6 is 15.9 Å². The maximum Gasteiger partial charge on any atom is 0.287 e. The van der Waals surface area contributed by atoms with E-state index in [2.05, 4.69) is 25.9 Å². The van der Waals surface area contributed by atoms with Crippen molar-refractivity contribution in [1.29, 1.82) is 0 Å². The topological polar surface area (TPSA) is 94.9 Å². The van der Waals surface area contributed by atoms with Gasteiger partial charge in [0.2, 0.25) is 0 Å². The van der Waals surface area contributed by atoms with Crippen molar-refractivity contribution < 1.29 is 4.92 Å². The third-order valence-electron chi connectivity index (χ3n) is 3.84. The van der Waals surface area contributed by atoms with Crippen LogP contribution in [0.15, 0.2) is 22.9 Å². The second kappa shape index (κ2) is 4.49. The van der Waals surface area contributed by atoms with Crippen LogP contribution in [-0.4, -0.2) is 14.9 Å². The first kappa shape index (κ1) is 13.9. The van der Waals surface area contributed by atoms with Crippen molar-refractivity contribution in [2.75, 3.05) is 5.73 Å². The Morgan fingerprint density at radius 3 is 2.76 bits per heavy atom. The molecule has 0 fully saturated rings. The molecule has 2 N–H and O–H groups in total. The third kappa shape index (κ3) is 1.99. The molecule has 0 bridgehead atoms. The molecule has 6 nitrogen and oxygen atoms in total. The van der Waals surface area contributed by atoms with E-state index in [1.165, 1.54) is 6.33 Å². The molecule has 1 aliphatic carbocycles. The van der Waals surface area contributed by atoms with Crippen LogP contribution in [0.5, 0.6) is 0 Å². The summed E-state index contributed by atoms with van der Waals surface area (Å²) in [4.78, 5) is 19.4.